The molecular weight excluding hydrogens is 431 g/mol. The molecule has 3 aromatic rings. The Morgan fingerprint density at radius 1 is 0.941 bits per heavy atom. The van der Waals surface area contributed by atoms with Crippen LogP contribution in [0.3, 0.4) is 0 Å². The lowest BCUT2D eigenvalue weighted by molar-refractivity contribution is 0.0504. The molecule has 2 fully saturated rings. The lowest BCUT2D eigenvalue weighted by Crippen LogP contribution is -2.48. The maximum Gasteiger partial charge on any atom is 0.410 e. The van der Waals surface area contributed by atoms with E-state index in [9.17, 15) is 14.0 Å². The number of carbonyl (C=O) groups is 2. The van der Waals surface area contributed by atoms with Crippen LogP contribution in [0, 0.1) is 11.7 Å². The summed E-state index contributed by atoms with van der Waals surface area (Å²) >= 11 is 0. The quantitative estimate of drug-likeness (QED) is 0.480. The van der Waals surface area contributed by atoms with Gasteiger partial charge in [-0.15, -0.1) is 0 Å². The average Bonchev–Trinajstić information content (AvgIpc) is 3.33. The van der Waals surface area contributed by atoms with Gasteiger partial charge in [-0.25, -0.2) is 9.18 Å². The Morgan fingerprint density at radius 3 is 2.18 bits per heavy atom. The number of hydrogen-bond donors (Lipinski definition) is 0. The minimum absolute atomic E-state index is 0.0165. The molecular formula is C28H25FN2O3. The van der Waals surface area contributed by atoms with Crippen LogP contribution in [0.2, 0.25) is 0 Å². The number of aromatic nitrogens is 1. The van der Waals surface area contributed by atoms with Gasteiger partial charge in [0, 0.05) is 30.1 Å². The molecule has 2 unspecified atom stereocenters. The van der Waals surface area contributed by atoms with Crippen LogP contribution in [0.15, 0.2) is 67.0 Å². The predicted octanol–water partition coefficient (Wildman–Crippen LogP) is 5.60. The number of amides is 1. The second-order valence-electron chi connectivity index (χ2n) is 9.48. The summed E-state index contributed by atoms with van der Waals surface area (Å²) in [5.74, 6) is -1.04. The summed E-state index contributed by atoms with van der Waals surface area (Å²) < 4.78 is 20.0. The number of nitrogens with zero attached hydrogens (tertiary/aromatic N) is 2. The molecule has 1 aliphatic carbocycles. The van der Waals surface area contributed by atoms with Gasteiger partial charge < -0.3 is 9.64 Å². The van der Waals surface area contributed by atoms with Crippen molar-refractivity contribution in [3.8, 4) is 11.1 Å². The third kappa shape index (κ3) is 3.40. The number of pyridine rings is 1. The molecule has 0 radical (unpaired) electrons. The molecule has 2 atom stereocenters. The first-order chi connectivity index (χ1) is 16.6. The molecule has 5 nitrogen and oxygen atoms in total. The van der Waals surface area contributed by atoms with Crippen molar-refractivity contribution < 1.29 is 18.7 Å². The van der Waals surface area contributed by atoms with Crippen LogP contribution in [0.25, 0.3) is 11.1 Å². The fourth-order valence-corrected chi connectivity index (χ4v) is 6.15. The number of Topliss-reactive ketones (excluding diaryl/α,β-unsaturated/α-hetero) is 1. The van der Waals surface area contributed by atoms with Crippen molar-refractivity contribution in [3.63, 3.8) is 0 Å². The first-order valence-corrected chi connectivity index (χ1v) is 11.9. The van der Waals surface area contributed by atoms with E-state index in [-0.39, 0.29) is 48.0 Å². The van der Waals surface area contributed by atoms with Crippen LogP contribution < -0.4 is 0 Å². The van der Waals surface area contributed by atoms with E-state index in [2.05, 4.69) is 29.2 Å². The molecule has 0 spiro atoms. The number of ether oxygens (including phenoxy) is 1. The van der Waals surface area contributed by atoms with Crippen LogP contribution in [0.5, 0.6) is 0 Å². The zero-order valence-electron chi connectivity index (χ0n) is 18.7. The first-order valence-electron chi connectivity index (χ1n) is 11.9. The molecule has 3 aliphatic rings. The van der Waals surface area contributed by atoms with Crippen molar-refractivity contribution >= 4 is 11.9 Å². The van der Waals surface area contributed by atoms with Crippen molar-refractivity contribution in [2.75, 3.05) is 6.61 Å². The maximum absolute atomic E-state index is 14.1. The minimum atomic E-state index is -0.584. The molecule has 6 heteroatoms. The molecule has 6 rings (SSSR count). The number of benzene rings is 2. The van der Waals surface area contributed by atoms with E-state index in [0.717, 1.165) is 19.0 Å². The summed E-state index contributed by atoms with van der Waals surface area (Å²) in [5.41, 5.74) is 4.85. The Bertz CT molecular complexity index is 1220. The molecule has 0 N–H and O–H groups in total. The van der Waals surface area contributed by atoms with Crippen molar-refractivity contribution in [3.05, 3.63) is 89.5 Å². The van der Waals surface area contributed by atoms with Crippen LogP contribution in [-0.2, 0) is 4.74 Å². The third-order valence-electron chi connectivity index (χ3n) is 7.69. The Labute approximate surface area is 197 Å². The smallest absolute Gasteiger partial charge is 0.410 e. The summed E-state index contributed by atoms with van der Waals surface area (Å²) in [6, 6.07) is 17.9. The van der Waals surface area contributed by atoms with Gasteiger partial charge in [-0.1, -0.05) is 48.5 Å². The van der Waals surface area contributed by atoms with Gasteiger partial charge in [0.05, 0.1) is 11.8 Å². The fourth-order valence-electron chi connectivity index (χ4n) is 6.15. The van der Waals surface area contributed by atoms with Gasteiger partial charge >= 0.3 is 6.09 Å². The summed E-state index contributed by atoms with van der Waals surface area (Å²) in [6.07, 6.45) is 4.98. The Morgan fingerprint density at radius 2 is 1.56 bits per heavy atom. The molecule has 2 saturated heterocycles. The van der Waals surface area contributed by atoms with E-state index in [0.29, 0.717) is 12.8 Å². The molecule has 1 aromatic heterocycles. The van der Waals surface area contributed by atoms with Gasteiger partial charge in [-0.3, -0.25) is 9.78 Å². The summed E-state index contributed by atoms with van der Waals surface area (Å²) in [5, 5.41) is 0. The van der Waals surface area contributed by atoms with Gasteiger partial charge in [0.1, 0.15) is 6.61 Å². The molecule has 34 heavy (non-hydrogen) atoms. The van der Waals surface area contributed by atoms with Crippen molar-refractivity contribution in [1.29, 1.82) is 0 Å². The normalized spacial score (nSPS) is 22.9. The minimum Gasteiger partial charge on any atom is -0.448 e. The third-order valence-corrected chi connectivity index (χ3v) is 7.69. The average molecular weight is 457 g/mol. The van der Waals surface area contributed by atoms with Gasteiger partial charge in [0.2, 0.25) is 0 Å². The summed E-state index contributed by atoms with van der Waals surface area (Å²) in [7, 11) is 0. The number of fused-ring (bicyclic) bond motifs is 5. The van der Waals surface area contributed by atoms with Gasteiger partial charge in [-0.05, 0) is 54.0 Å². The molecule has 1 amide bonds. The van der Waals surface area contributed by atoms with Crippen LogP contribution >= 0.6 is 0 Å². The van der Waals surface area contributed by atoms with E-state index in [1.54, 1.807) is 0 Å². The Kier molecular flexibility index (Phi) is 5.16. The standard InChI is InChI=1S/C28H25FN2O3/c29-26-15-30-12-11-24(26)27(32)17-13-18-9-10-19(14-17)31(18)28(33)34-16-25-22-7-3-1-5-20(22)21-6-2-4-8-23(21)25/h1-8,11-12,15,17-19,25H,9-10,13-14,16H2. The molecule has 3 heterocycles. The van der Waals surface area contributed by atoms with Crippen molar-refractivity contribution in [1.82, 2.24) is 9.88 Å². The Balaban J connectivity index is 1.15. The number of hydrogen-bond acceptors (Lipinski definition) is 4. The number of carbonyl (C=O) groups excluding carboxylic acids is 2. The van der Waals surface area contributed by atoms with Gasteiger partial charge in [0.25, 0.3) is 0 Å². The second kappa shape index (κ2) is 8.35. The summed E-state index contributed by atoms with van der Waals surface area (Å²) in [6.45, 7) is 0.285. The molecule has 2 bridgehead atoms. The second-order valence-corrected chi connectivity index (χ2v) is 9.48. The van der Waals surface area contributed by atoms with E-state index in [1.807, 2.05) is 29.2 Å². The molecule has 172 valence electrons. The monoisotopic (exact) mass is 456 g/mol. The van der Waals surface area contributed by atoms with Crippen molar-refractivity contribution in [2.45, 2.75) is 43.7 Å². The number of halogens is 1. The van der Waals surface area contributed by atoms with E-state index >= 15 is 0 Å². The maximum atomic E-state index is 14.1. The zero-order chi connectivity index (χ0) is 23.2. The topological polar surface area (TPSA) is 59.5 Å². The van der Waals surface area contributed by atoms with Gasteiger partial charge in [-0.2, -0.15) is 0 Å². The van der Waals surface area contributed by atoms with Crippen LogP contribution in [-0.4, -0.2) is 40.5 Å². The molecule has 0 saturated carbocycles. The number of piperidine rings is 1. The number of ketones is 1. The highest BCUT2D eigenvalue weighted by Crippen LogP contribution is 2.45. The lowest BCUT2D eigenvalue weighted by Gasteiger charge is -2.37. The number of rotatable bonds is 4. The van der Waals surface area contributed by atoms with E-state index < -0.39 is 5.82 Å². The largest absolute Gasteiger partial charge is 0.448 e. The Hall–Kier alpha value is -3.54. The highest BCUT2D eigenvalue weighted by molar-refractivity contribution is 5.98. The predicted molar refractivity (Wildman–Crippen MR) is 125 cm³/mol. The highest BCUT2D eigenvalue weighted by Gasteiger charge is 2.46. The van der Waals surface area contributed by atoms with E-state index in [1.165, 1.54) is 34.5 Å². The lowest BCUT2D eigenvalue weighted by atomic mass is 9.85. The molecule has 2 aliphatic heterocycles. The van der Waals surface area contributed by atoms with E-state index in [4.69, 9.17) is 4.74 Å². The summed E-state index contributed by atoms with van der Waals surface area (Å²) in [4.78, 5) is 31.7. The molecule has 2 aromatic carbocycles. The van der Waals surface area contributed by atoms with Crippen LogP contribution in [0.1, 0.15) is 53.1 Å². The zero-order valence-corrected chi connectivity index (χ0v) is 18.7. The fraction of sp³-hybridized carbons (Fsp3) is 0.321. The van der Waals surface area contributed by atoms with Gasteiger partial charge in [0.15, 0.2) is 11.6 Å². The van der Waals surface area contributed by atoms with Crippen molar-refractivity contribution in [2.24, 2.45) is 5.92 Å². The highest BCUT2D eigenvalue weighted by atomic mass is 19.1. The van der Waals surface area contributed by atoms with Crippen LogP contribution in [0.4, 0.5) is 9.18 Å². The first kappa shape index (κ1) is 21.0. The SMILES string of the molecule is O=C(c1ccncc1F)C1CC2CCC(C1)N2C(=O)OCC1c2ccccc2-c2ccccc21.